The molecule has 2 aromatic heterocycles. The molecule has 15 nitrogen and oxygen atoms in total. The number of Topliss-reactive ketones (excluding diaryl/α,β-unsaturated/α-hetero) is 2. The largest absolute Gasteiger partial charge is 0.458 e. The topological polar surface area (TPSA) is 172 Å². The Bertz CT molecular complexity index is 1740. The van der Waals surface area contributed by atoms with Gasteiger partial charge in [0.25, 0.3) is 0 Å². The van der Waals surface area contributed by atoms with Crippen molar-refractivity contribution in [2.75, 3.05) is 27.7 Å². The fourth-order valence-electron chi connectivity index (χ4n) is 9.43. The third-order valence-electron chi connectivity index (χ3n) is 12.8. The molecule has 0 bridgehead atoms. The van der Waals surface area contributed by atoms with Crippen molar-refractivity contribution >= 4 is 23.6 Å². The maximum Gasteiger partial charge on any atom is 0.410 e. The van der Waals surface area contributed by atoms with Crippen molar-refractivity contribution in [3.63, 3.8) is 0 Å². The number of hydrogen-bond donors (Lipinski definition) is 1. The Labute approximate surface area is 343 Å². The molecule has 1 N–H and O–H groups in total. The highest BCUT2D eigenvalue weighted by atomic mass is 16.7. The van der Waals surface area contributed by atoms with Crippen LogP contribution in [0, 0.1) is 23.7 Å². The average molecular weight is 812 g/mol. The van der Waals surface area contributed by atoms with Crippen LogP contribution in [0.1, 0.15) is 87.5 Å². The second-order valence-electron chi connectivity index (χ2n) is 17.3. The van der Waals surface area contributed by atoms with Crippen LogP contribution >= 0.6 is 0 Å². The van der Waals surface area contributed by atoms with E-state index in [1.54, 1.807) is 51.2 Å². The Kier molecular flexibility index (Phi) is 14.6. The zero-order valence-electron chi connectivity index (χ0n) is 36.1. The summed E-state index contributed by atoms with van der Waals surface area (Å²) in [4.78, 5) is 64.5. The van der Waals surface area contributed by atoms with Gasteiger partial charge in [0.1, 0.15) is 23.9 Å². The second-order valence-corrected chi connectivity index (χ2v) is 17.3. The van der Waals surface area contributed by atoms with Crippen LogP contribution in [-0.2, 0) is 44.6 Å². The molecule has 13 atom stereocenters. The van der Waals surface area contributed by atoms with E-state index in [-0.39, 0.29) is 30.8 Å². The van der Waals surface area contributed by atoms with E-state index in [4.69, 9.17) is 23.7 Å². The van der Waals surface area contributed by atoms with Crippen LogP contribution in [0.15, 0.2) is 36.9 Å². The van der Waals surface area contributed by atoms with Gasteiger partial charge in [-0.25, -0.2) is 4.79 Å². The number of aliphatic hydroxyl groups excluding tert-OH is 1. The van der Waals surface area contributed by atoms with Crippen LogP contribution in [0.3, 0.4) is 0 Å². The lowest BCUT2D eigenvalue weighted by Crippen LogP contribution is -2.60. The van der Waals surface area contributed by atoms with Gasteiger partial charge in [-0.05, 0) is 80.0 Å². The number of methoxy groups -OCH3 is 1. The van der Waals surface area contributed by atoms with Crippen molar-refractivity contribution in [3.8, 4) is 11.1 Å². The van der Waals surface area contributed by atoms with Crippen molar-refractivity contribution in [1.82, 2.24) is 24.6 Å². The van der Waals surface area contributed by atoms with Gasteiger partial charge < -0.3 is 38.6 Å². The molecule has 2 aromatic rings. The van der Waals surface area contributed by atoms with Gasteiger partial charge >= 0.3 is 12.1 Å². The first-order valence-corrected chi connectivity index (χ1v) is 20.8. The summed E-state index contributed by atoms with van der Waals surface area (Å²) < 4.78 is 33.1. The molecule has 0 unspecified atom stereocenters. The highest BCUT2D eigenvalue weighted by molar-refractivity contribution is 6.00. The molecule has 58 heavy (non-hydrogen) atoms. The van der Waals surface area contributed by atoms with Gasteiger partial charge in [0, 0.05) is 73.7 Å². The van der Waals surface area contributed by atoms with Crippen molar-refractivity contribution in [2.45, 2.75) is 148 Å². The van der Waals surface area contributed by atoms with E-state index in [0.717, 1.165) is 11.1 Å². The summed E-state index contributed by atoms with van der Waals surface area (Å²) in [6.07, 6.45) is 4.46. The minimum absolute atomic E-state index is 0.129. The number of aryl methyl sites for hydroxylation is 1. The summed E-state index contributed by atoms with van der Waals surface area (Å²) in [6.45, 7) is 14.9. The predicted molar refractivity (Wildman–Crippen MR) is 214 cm³/mol. The molecule has 3 aliphatic heterocycles. The fraction of sp³-hybridized carbons (Fsp3) is 0.721. The van der Waals surface area contributed by atoms with Gasteiger partial charge in [-0.3, -0.25) is 24.0 Å². The molecule has 1 amide bonds. The van der Waals surface area contributed by atoms with Gasteiger partial charge in [0.05, 0.1) is 30.0 Å². The normalized spacial score (nSPS) is 36.7. The zero-order valence-corrected chi connectivity index (χ0v) is 36.1. The van der Waals surface area contributed by atoms with E-state index in [9.17, 15) is 24.3 Å². The lowest BCUT2D eigenvalue weighted by molar-refractivity contribution is -0.295. The number of cyclic esters (lactones) is 1. The summed E-state index contributed by atoms with van der Waals surface area (Å²) in [5.41, 5.74) is -0.754. The lowest BCUT2D eigenvalue weighted by atomic mass is 9.73. The number of hydrogen-bond acceptors (Lipinski definition) is 13. The monoisotopic (exact) mass is 811 g/mol. The molecule has 3 saturated heterocycles. The molecule has 322 valence electrons. The number of ether oxygens (including phenoxy) is 5. The minimum atomic E-state index is -1.40. The first kappa shape index (κ1) is 45.3. The van der Waals surface area contributed by atoms with Crippen molar-refractivity contribution < 1.29 is 48.0 Å². The molecule has 0 aliphatic carbocycles. The molecular formula is C43H65N5O10. The number of nitrogens with zero attached hydrogens (tertiary/aromatic N) is 5. The Hall–Kier alpha value is -3.76. The molecule has 0 aromatic carbocycles. The van der Waals surface area contributed by atoms with E-state index in [1.165, 1.54) is 14.0 Å². The molecule has 0 radical (unpaired) electrons. The zero-order chi connectivity index (χ0) is 42.7. The van der Waals surface area contributed by atoms with E-state index in [0.29, 0.717) is 32.4 Å². The van der Waals surface area contributed by atoms with Crippen LogP contribution in [0.5, 0.6) is 0 Å². The second kappa shape index (κ2) is 18.7. The Morgan fingerprint density at radius 3 is 2.33 bits per heavy atom. The first-order chi connectivity index (χ1) is 27.4. The van der Waals surface area contributed by atoms with Gasteiger partial charge in [-0.2, -0.15) is 5.10 Å². The number of aliphatic hydroxyl groups is 1. The number of ketones is 2. The Morgan fingerprint density at radius 2 is 1.69 bits per heavy atom. The van der Waals surface area contributed by atoms with Crippen LogP contribution in [0.4, 0.5) is 4.79 Å². The van der Waals surface area contributed by atoms with Crippen LogP contribution in [0.2, 0.25) is 0 Å². The van der Waals surface area contributed by atoms with Crippen LogP contribution < -0.4 is 0 Å². The molecular weight excluding hydrogens is 746 g/mol. The highest BCUT2D eigenvalue weighted by Gasteiger charge is 2.60. The number of amides is 1. The van der Waals surface area contributed by atoms with Crippen LogP contribution in [-0.4, -0.2) is 135 Å². The van der Waals surface area contributed by atoms with E-state index in [2.05, 4.69) is 10.1 Å². The molecule has 5 rings (SSSR count). The number of pyridine rings is 1. The number of carbonyl (C=O) groups excluding carboxylic acids is 4. The quantitative estimate of drug-likeness (QED) is 0.184. The van der Waals surface area contributed by atoms with E-state index in [1.807, 2.05) is 62.8 Å². The van der Waals surface area contributed by atoms with Gasteiger partial charge in [0.2, 0.25) is 0 Å². The molecule has 3 fully saturated rings. The molecule has 5 heterocycles. The average Bonchev–Trinajstić information content (AvgIpc) is 3.78. The van der Waals surface area contributed by atoms with Crippen molar-refractivity contribution in [3.05, 3.63) is 36.9 Å². The summed E-state index contributed by atoms with van der Waals surface area (Å²) in [6, 6.07) is 2.77. The number of unbranched alkanes of at least 4 members (excludes halogenated alkanes) is 1. The highest BCUT2D eigenvalue weighted by Crippen LogP contribution is 2.43. The third kappa shape index (κ3) is 9.33. The van der Waals surface area contributed by atoms with Crippen LogP contribution in [0.25, 0.3) is 11.1 Å². The molecule has 15 heteroatoms. The Morgan fingerprint density at radius 1 is 0.983 bits per heavy atom. The standard InChI is InChI=1S/C43H65N5O10/c1-12-33-43(8)37(48(41(53)58-43)19-14-13-18-47-24-31(23-45-47)30-16-15-17-44-22-30)27(4)34(49)25(2)21-42(7,54-11)38(28(5)35(50)29(6)39(52)56-33)57-40-36(51)32(46(9)10)20-26(3)55-40/h15-17,22-29,32-33,36-38,40,51H,12-14,18-21H2,1-11H3/t25-,26-,27+,28+,29-,32+,33-,36-,37-,38-,40+,42-,43-/m1/s1. The molecule has 3 aliphatic rings. The first-order valence-electron chi connectivity index (χ1n) is 20.8. The smallest absolute Gasteiger partial charge is 0.410 e. The summed E-state index contributed by atoms with van der Waals surface area (Å²) in [7, 11) is 5.24. The molecule has 0 saturated carbocycles. The van der Waals surface area contributed by atoms with E-state index >= 15 is 0 Å². The third-order valence-corrected chi connectivity index (χ3v) is 12.8. The number of likely N-dealkylation sites (N-methyl/N-ethyl adjacent to an activating group) is 1. The number of rotatable bonds is 11. The van der Waals surface area contributed by atoms with Gasteiger partial charge in [-0.15, -0.1) is 0 Å². The van der Waals surface area contributed by atoms with Crippen molar-refractivity contribution in [1.29, 1.82) is 0 Å². The van der Waals surface area contributed by atoms with Gasteiger partial charge in [-0.1, -0.05) is 33.8 Å². The fourth-order valence-corrected chi connectivity index (χ4v) is 9.43. The predicted octanol–water partition coefficient (Wildman–Crippen LogP) is 4.93. The SMILES string of the molecule is CC[C@H]1OC(=O)[C@H](C)C(=O)[C@H](C)[C@@H](O[C@@H]2O[C@H](C)C[C@H](N(C)C)[C@H]2O)[C@](C)(OC)C[C@@H](C)C(=O)[C@H](C)[C@H]2N(CCCCn3cc(-c4cccnc4)cn3)C(=O)O[C@]12C. The Balaban J connectivity index is 1.43. The summed E-state index contributed by atoms with van der Waals surface area (Å²) in [5, 5.41) is 15.9. The number of esters is 1. The minimum Gasteiger partial charge on any atom is -0.458 e. The maximum atomic E-state index is 14.7. The van der Waals surface area contributed by atoms with Crippen molar-refractivity contribution in [2.24, 2.45) is 23.7 Å². The summed E-state index contributed by atoms with van der Waals surface area (Å²) in [5.74, 6) is -4.96. The number of carbonyl (C=O) groups is 4. The molecule has 0 spiro atoms. The van der Waals surface area contributed by atoms with Gasteiger partial charge in [0.15, 0.2) is 17.7 Å². The summed E-state index contributed by atoms with van der Waals surface area (Å²) >= 11 is 0. The lowest BCUT2D eigenvalue weighted by Gasteiger charge is -2.47. The number of aromatic nitrogens is 3. The van der Waals surface area contributed by atoms with E-state index < -0.39 is 83.4 Å². The maximum absolute atomic E-state index is 14.7. The number of fused-ring (bicyclic) bond motifs is 1.